The van der Waals surface area contributed by atoms with Crippen molar-refractivity contribution in [3.63, 3.8) is 0 Å². The molecule has 5 N–H and O–H groups in total. The van der Waals surface area contributed by atoms with E-state index in [-0.39, 0.29) is 36.2 Å². The van der Waals surface area contributed by atoms with Crippen LogP contribution in [0.15, 0.2) is 0 Å². The molecule has 27 heavy (non-hydrogen) atoms. The Labute approximate surface area is 159 Å². The molecular formula is C19H30N4O4. The molecule has 0 aromatic heterocycles. The number of aliphatic hydroxyl groups excluding tert-OH is 1. The fourth-order valence-corrected chi connectivity index (χ4v) is 4.36. The van der Waals surface area contributed by atoms with Gasteiger partial charge in [-0.1, -0.05) is 0 Å². The monoisotopic (exact) mass is 378 g/mol. The molecule has 4 aliphatic rings. The number of carbonyl (C=O) groups excluding carboxylic acids is 3. The third-order valence-electron chi connectivity index (χ3n) is 6.56. The summed E-state index contributed by atoms with van der Waals surface area (Å²) in [6, 6.07) is -0.920. The van der Waals surface area contributed by atoms with Crippen LogP contribution in [0, 0.1) is 11.3 Å². The highest BCUT2D eigenvalue weighted by atomic mass is 16.3. The molecule has 4 fully saturated rings. The van der Waals surface area contributed by atoms with Crippen molar-refractivity contribution in [3.8, 4) is 0 Å². The second-order valence-electron chi connectivity index (χ2n) is 8.82. The van der Waals surface area contributed by atoms with Gasteiger partial charge < -0.3 is 26.4 Å². The maximum absolute atomic E-state index is 12.8. The SMILES string of the molecule is O=C(NC1CC1)C(O)C(C[C@@H]1CCNC1=O)NC(=O)[C@@H]1CC2(CCN1)CC2. The minimum atomic E-state index is -1.35. The molecule has 2 heterocycles. The minimum absolute atomic E-state index is 0.0724. The van der Waals surface area contributed by atoms with Crippen LogP contribution in [0.4, 0.5) is 0 Å². The summed E-state index contributed by atoms with van der Waals surface area (Å²) in [5, 5.41) is 22.3. The standard InChI is InChI=1S/C19H30N4O4/c24-15(18(27)22-12-1-2-12)13(9-11-3-7-21-16(11)25)23-17(26)14-10-19(4-5-19)6-8-20-14/h11-15,20,24H,1-10H2,(H,21,25)(H,22,27)(H,23,26)/t11-,13?,14-,15?/m0/s1. The largest absolute Gasteiger partial charge is 0.381 e. The Morgan fingerprint density at radius 1 is 1.19 bits per heavy atom. The smallest absolute Gasteiger partial charge is 0.251 e. The van der Waals surface area contributed by atoms with E-state index in [9.17, 15) is 19.5 Å². The maximum atomic E-state index is 12.8. The number of piperidine rings is 1. The van der Waals surface area contributed by atoms with E-state index in [0.29, 0.717) is 18.4 Å². The Bertz CT molecular complexity index is 617. The quantitative estimate of drug-likeness (QED) is 0.396. The molecule has 2 unspecified atom stereocenters. The van der Waals surface area contributed by atoms with Gasteiger partial charge in [-0.05, 0) is 63.3 Å². The first kappa shape index (κ1) is 18.7. The van der Waals surface area contributed by atoms with Crippen LogP contribution in [0.3, 0.4) is 0 Å². The Morgan fingerprint density at radius 2 is 1.96 bits per heavy atom. The molecule has 2 saturated carbocycles. The molecule has 150 valence electrons. The van der Waals surface area contributed by atoms with Crippen LogP contribution in [0.25, 0.3) is 0 Å². The number of hydrogen-bond acceptors (Lipinski definition) is 5. The van der Waals surface area contributed by atoms with E-state index in [1.807, 2.05) is 0 Å². The predicted molar refractivity (Wildman–Crippen MR) is 97.5 cm³/mol. The molecular weight excluding hydrogens is 348 g/mol. The van der Waals surface area contributed by atoms with Gasteiger partial charge in [0.1, 0.15) is 0 Å². The summed E-state index contributed by atoms with van der Waals surface area (Å²) in [4.78, 5) is 37.1. The number of rotatable bonds is 7. The van der Waals surface area contributed by atoms with Gasteiger partial charge in [0, 0.05) is 18.5 Å². The molecule has 1 spiro atoms. The van der Waals surface area contributed by atoms with E-state index in [0.717, 1.165) is 32.2 Å². The first-order valence-electron chi connectivity index (χ1n) is 10.3. The van der Waals surface area contributed by atoms with Crippen molar-refractivity contribution < 1.29 is 19.5 Å². The van der Waals surface area contributed by atoms with Crippen LogP contribution in [-0.4, -0.2) is 60.1 Å². The molecule has 4 atom stereocenters. The summed E-state index contributed by atoms with van der Waals surface area (Å²) in [7, 11) is 0. The molecule has 8 nitrogen and oxygen atoms in total. The Balaban J connectivity index is 1.40. The van der Waals surface area contributed by atoms with Gasteiger partial charge in [0.25, 0.3) is 5.91 Å². The van der Waals surface area contributed by atoms with Gasteiger partial charge in [-0.25, -0.2) is 0 Å². The number of aliphatic hydroxyl groups is 1. The number of hydrogen-bond donors (Lipinski definition) is 5. The minimum Gasteiger partial charge on any atom is -0.381 e. The van der Waals surface area contributed by atoms with Gasteiger partial charge in [-0.2, -0.15) is 0 Å². The average Bonchev–Trinajstić information content (AvgIpc) is 3.57. The molecule has 3 amide bonds. The lowest BCUT2D eigenvalue weighted by Gasteiger charge is -2.32. The first-order valence-corrected chi connectivity index (χ1v) is 10.3. The molecule has 0 radical (unpaired) electrons. The molecule has 0 aromatic rings. The average molecular weight is 378 g/mol. The van der Waals surface area contributed by atoms with E-state index in [1.54, 1.807) is 0 Å². The lowest BCUT2D eigenvalue weighted by Crippen LogP contribution is -2.57. The van der Waals surface area contributed by atoms with Gasteiger partial charge in [-0.15, -0.1) is 0 Å². The van der Waals surface area contributed by atoms with Crippen molar-refractivity contribution in [1.29, 1.82) is 0 Å². The fourth-order valence-electron chi connectivity index (χ4n) is 4.36. The summed E-state index contributed by atoms with van der Waals surface area (Å²) < 4.78 is 0. The summed E-state index contributed by atoms with van der Waals surface area (Å²) in [6.07, 6.45) is 5.70. The number of nitrogens with one attached hydrogen (secondary N) is 4. The third-order valence-corrected chi connectivity index (χ3v) is 6.56. The van der Waals surface area contributed by atoms with E-state index in [1.165, 1.54) is 12.8 Å². The summed E-state index contributed by atoms with van der Waals surface area (Å²) in [5.74, 6) is -0.997. The highest BCUT2D eigenvalue weighted by molar-refractivity contribution is 5.86. The van der Waals surface area contributed by atoms with Crippen LogP contribution >= 0.6 is 0 Å². The van der Waals surface area contributed by atoms with Crippen molar-refractivity contribution in [2.45, 2.75) is 75.6 Å². The van der Waals surface area contributed by atoms with Crippen molar-refractivity contribution in [2.75, 3.05) is 13.1 Å². The van der Waals surface area contributed by atoms with Crippen LogP contribution in [0.2, 0.25) is 0 Å². The first-order chi connectivity index (χ1) is 13.0. The van der Waals surface area contributed by atoms with Gasteiger partial charge in [0.2, 0.25) is 11.8 Å². The van der Waals surface area contributed by atoms with Crippen LogP contribution < -0.4 is 21.3 Å². The third kappa shape index (κ3) is 4.43. The Kier molecular flexibility index (Phi) is 5.11. The van der Waals surface area contributed by atoms with Crippen LogP contribution in [0.1, 0.15) is 51.4 Å². The van der Waals surface area contributed by atoms with Crippen molar-refractivity contribution >= 4 is 17.7 Å². The second kappa shape index (κ2) is 7.39. The zero-order chi connectivity index (χ0) is 19.0. The van der Waals surface area contributed by atoms with Crippen molar-refractivity contribution in [2.24, 2.45) is 11.3 Å². The fraction of sp³-hybridized carbons (Fsp3) is 0.842. The van der Waals surface area contributed by atoms with Gasteiger partial charge in [0.15, 0.2) is 6.10 Å². The van der Waals surface area contributed by atoms with Crippen LogP contribution in [0.5, 0.6) is 0 Å². The zero-order valence-corrected chi connectivity index (χ0v) is 15.6. The van der Waals surface area contributed by atoms with Crippen molar-refractivity contribution in [1.82, 2.24) is 21.3 Å². The second-order valence-corrected chi connectivity index (χ2v) is 8.82. The van der Waals surface area contributed by atoms with Crippen molar-refractivity contribution in [3.05, 3.63) is 0 Å². The molecule has 2 saturated heterocycles. The lowest BCUT2D eigenvalue weighted by molar-refractivity contribution is -0.134. The maximum Gasteiger partial charge on any atom is 0.251 e. The Hall–Kier alpha value is -1.67. The molecule has 0 bridgehead atoms. The van der Waals surface area contributed by atoms with Crippen LogP contribution in [-0.2, 0) is 14.4 Å². The van der Waals surface area contributed by atoms with Gasteiger partial charge in [-0.3, -0.25) is 14.4 Å². The zero-order valence-electron chi connectivity index (χ0n) is 15.6. The molecule has 4 rings (SSSR count). The van der Waals surface area contributed by atoms with E-state index in [2.05, 4.69) is 21.3 Å². The normalized spacial score (nSPS) is 31.1. The highest BCUT2D eigenvalue weighted by Crippen LogP contribution is 2.53. The predicted octanol–water partition coefficient (Wildman–Crippen LogP) is -0.831. The molecule has 2 aliphatic carbocycles. The lowest BCUT2D eigenvalue weighted by atomic mass is 9.88. The number of amides is 3. The van der Waals surface area contributed by atoms with Gasteiger partial charge in [0.05, 0.1) is 12.1 Å². The molecule has 2 aliphatic heterocycles. The Morgan fingerprint density at radius 3 is 2.59 bits per heavy atom. The summed E-state index contributed by atoms with van der Waals surface area (Å²) >= 11 is 0. The molecule has 0 aromatic carbocycles. The van der Waals surface area contributed by atoms with E-state index < -0.39 is 18.1 Å². The topological polar surface area (TPSA) is 120 Å². The van der Waals surface area contributed by atoms with E-state index in [4.69, 9.17) is 0 Å². The highest BCUT2D eigenvalue weighted by Gasteiger charge is 2.47. The van der Waals surface area contributed by atoms with E-state index >= 15 is 0 Å². The number of carbonyl (C=O) groups is 3. The summed E-state index contributed by atoms with van der Waals surface area (Å²) in [5.41, 5.74) is 0.316. The van der Waals surface area contributed by atoms with Gasteiger partial charge >= 0.3 is 0 Å². The molecule has 8 heteroatoms. The summed E-state index contributed by atoms with van der Waals surface area (Å²) in [6.45, 7) is 1.42.